The van der Waals surface area contributed by atoms with Crippen molar-refractivity contribution in [3.05, 3.63) is 30.3 Å². The Hall–Kier alpha value is -1.59. The van der Waals surface area contributed by atoms with Crippen LogP contribution in [0, 0.1) is 0 Å². The van der Waals surface area contributed by atoms with E-state index in [9.17, 15) is 9.90 Å². The largest absolute Gasteiger partial charge is 0.481 e. The zero-order chi connectivity index (χ0) is 16.2. The van der Waals surface area contributed by atoms with E-state index in [2.05, 4.69) is 12.2 Å². The lowest BCUT2D eigenvalue weighted by Crippen LogP contribution is -2.43. The molecule has 1 aromatic carbocycles. The van der Waals surface area contributed by atoms with Crippen molar-refractivity contribution < 1.29 is 15.0 Å². The number of aliphatic hydroxyl groups excluding tert-OH is 1. The molecule has 0 saturated heterocycles. The summed E-state index contributed by atoms with van der Waals surface area (Å²) in [5.41, 5.74) is 0.992. The Labute approximate surface area is 133 Å². The summed E-state index contributed by atoms with van der Waals surface area (Å²) >= 11 is 0. The average molecular weight is 308 g/mol. The van der Waals surface area contributed by atoms with Gasteiger partial charge in [-0.05, 0) is 18.6 Å². The minimum absolute atomic E-state index is 0.0640. The molecule has 0 aromatic heterocycles. The van der Waals surface area contributed by atoms with Crippen LogP contribution < -0.4 is 10.2 Å². The summed E-state index contributed by atoms with van der Waals surface area (Å²) in [5, 5.41) is 22.0. The summed E-state index contributed by atoms with van der Waals surface area (Å²) in [5.74, 6) is -0.832. The number of benzene rings is 1. The number of aliphatic carboxylic acids is 1. The van der Waals surface area contributed by atoms with E-state index < -0.39 is 12.2 Å². The molecule has 3 N–H and O–H groups in total. The van der Waals surface area contributed by atoms with E-state index in [1.165, 1.54) is 12.8 Å². The summed E-state index contributed by atoms with van der Waals surface area (Å²) < 4.78 is 0. The summed E-state index contributed by atoms with van der Waals surface area (Å²) in [6.07, 6.45) is 3.99. The van der Waals surface area contributed by atoms with Crippen LogP contribution in [0.1, 0.15) is 39.0 Å². The fourth-order valence-electron chi connectivity index (χ4n) is 2.32. The van der Waals surface area contributed by atoms with E-state index in [1.807, 2.05) is 35.2 Å². The molecule has 5 nitrogen and oxygen atoms in total. The van der Waals surface area contributed by atoms with E-state index in [0.717, 1.165) is 25.1 Å². The van der Waals surface area contributed by atoms with Crippen LogP contribution in [0.3, 0.4) is 0 Å². The first-order valence-corrected chi connectivity index (χ1v) is 8.07. The van der Waals surface area contributed by atoms with Crippen LogP contribution in [0.25, 0.3) is 0 Å². The lowest BCUT2D eigenvalue weighted by atomic mass is 10.2. The maximum absolute atomic E-state index is 10.5. The summed E-state index contributed by atoms with van der Waals surface area (Å²) in [6.45, 7) is 3.70. The molecule has 0 bridgehead atoms. The number of nitrogens with one attached hydrogen (secondary N) is 1. The Morgan fingerprint density at radius 3 is 2.59 bits per heavy atom. The number of para-hydroxylation sites is 1. The van der Waals surface area contributed by atoms with E-state index in [-0.39, 0.29) is 6.42 Å². The number of hydrogen-bond donors (Lipinski definition) is 3. The summed E-state index contributed by atoms with van der Waals surface area (Å²) in [7, 11) is 0. The van der Waals surface area contributed by atoms with Crippen LogP contribution in [0.2, 0.25) is 0 Å². The van der Waals surface area contributed by atoms with Gasteiger partial charge in [0.1, 0.15) is 6.23 Å². The molecule has 0 heterocycles. The van der Waals surface area contributed by atoms with Crippen LogP contribution in [0.5, 0.6) is 0 Å². The average Bonchev–Trinajstić information content (AvgIpc) is 2.52. The molecule has 0 fully saturated rings. The van der Waals surface area contributed by atoms with Crippen LogP contribution in [0.15, 0.2) is 30.3 Å². The van der Waals surface area contributed by atoms with Crippen molar-refractivity contribution in [1.82, 2.24) is 5.32 Å². The molecule has 0 spiro atoms. The highest BCUT2D eigenvalue weighted by Gasteiger charge is 2.15. The highest BCUT2D eigenvalue weighted by molar-refractivity contribution is 5.66. The Bertz CT molecular complexity index is 412. The van der Waals surface area contributed by atoms with Crippen molar-refractivity contribution in [2.45, 2.75) is 45.3 Å². The number of rotatable bonds is 12. The Kier molecular flexibility index (Phi) is 9.26. The standard InChI is InChI=1S/C17H28N2O3/c1-2-3-4-8-13-19(15-9-6-5-7-10-15)16(20)14-18-12-11-17(21)22/h5-7,9-10,16,18,20H,2-4,8,11-14H2,1H3,(H,21,22). The van der Waals surface area contributed by atoms with Crippen molar-refractivity contribution in [3.63, 3.8) is 0 Å². The number of nitrogens with zero attached hydrogens (tertiary/aromatic N) is 1. The fraction of sp³-hybridized carbons (Fsp3) is 0.588. The number of anilines is 1. The van der Waals surface area contributed by atoms with E-state index in [0.29, 0.717) is 13.1 Å². The predicted octanol–water partition coefficient (Wildman–Crippen LogP) is 2.46. The molecule has 5 heteroatoms. The Balaban J connectivity index is 2.50. The smallest absolute Gasteiger partial charge is 0.304 e. The molecule has 0 aliphatic heterocycles. The molecule has 0 radical (unpaired) electrons. The lowest BCUT2D eigenvalue weighted by Gasteiger charge is -2.30. The molecule has 22 heavy (non-hydrogen) atoms. The molecule has 0 aliphatic rings. The zero-order valence-electron chi connectivity index (χ0n) is 13.4. The van der Waals surface area contributed by atoms with Gasteiger partial charge in [-0.15, -0.1) is 0 Å². The topological polar surface area (TPSA) is 72.8 Å². The minimum Gasteiger partial charge on any atom is -0.481 e. The van der Waals surface area contributed by atoms with Crippen LogP contribution in [-0.2, 0) is 4.79 Å². The summed E-state index contributed by atoms with van der Waals surface area (Å²) in [6, 6.07) is 9.84. The van der Waals surface area contributed by atoms with Crippen molar-refractivity contribution in [1.29, 1.82) is 0 Å². The third kappa shape index (κ3) is 7.43. The van der Waals surface area contributed by atoms with E-state index >= 15 is 0 Å². The number of unbranched alkanes of at least 4 members (excludes halogenated alkanes) is 3. The molecule has 1 unspecified atom stereocenters. The first kappa shape index (κ1) is 18.5. The van der Waals surface area contributed by atoms with Gasteiger partial charge in [-0.3, -0.25) is 4.79 Å². The quantitative estimate of drug-likeness (QED) is 0.409. The van der Waals surface area contributed by atoms with Crippen molar-refractivity contribution in [2.24, 2.45) is 0 Å². The lowest BCUT2D eigenvalue weighted by molar-refractivity contribution is -0.136. The van der Waals surface area contributed by atoms with E-state index in [1.54, 1.807) is 0 Å². The molecule has 124 valence electrons. The molecule has 0 aliphatic carbocycles. The van der Waals surface area contributed by atoms with Gasteiger partial charge in [0.15, 0.2) is 0 Å². The Morgan fingerprint density at radius 1 is 1.23 bits per heavy atom. The van der Waals surface area contributed by atoms with Crippen LogP contribution >= 0.6 is 0 Å². The second-order valence-electron chi connectivity index (χ2n) is 5.42. The van der Waals surface area contributed by atoms with Gasteiger partial charge in [-0.25, -0.2) is 0 Å². The number of aliphatic hydroxyl groups is 1. The van der Waals surface area contributed by atoms with Crippen molar-refractivity contribution in [3.8, 4) is 0 Å². The van der Waals surface area contributed by atoms with Crippen molar-refractivity contribution in [2.75, 3.05) is 24.5 Å². The molecule has 0 amide bonds. The third-order valence-electron chi connectivity index (χ3n) is 3.54. The molecular formula is C17H28N2O3. The van der Waals surface area contributed by atoms with Gasteiger partial charge in [0.2, 0.25) is 0 Å². The second-order valence-corrected chi connectivity index (χ2v) is 5.42. The molecule has 1 aromatic rings. The summed E-state index contributed by atoms with van der Waals surface area (Å²) in [4.78, 5) is 12.5. The van der Waals surface area contributed by atoms with Crippen LogP contribution in [0.4, 0.5) is 5.69 Å². The van der Waals surface area contributed by atoms with Gasteiger partial charge in [-0.1, -0.05) is 44.4 Å². The molecule has 0 saturated carbocycles. The first-order valence-electron chi connectivity index (χ1n) is 8.07. The number of carboxylic acids is 1. The second kappa shape index (κ2) is 11.0. The number of carboxylic acid groups (broad SMARTS) is 1. The monoisotopic (exact) mass is 308 g/mol. The highest BCUT2D eigenvalue weighted by Crippen LogP contribution is 2.16. The van der Waals surface area contributed by atoms with Gasteiger partial charge in [0.05, 0.1) is 6.42 Å². The fourth-order valence-corrected chi connectivity index (χ4v) is 2.32. The van der Waals surface area contributed by atoms with Crippen LogP contribution in [-0.4, -0.2) is 42.0 Å². The Morgan fingerprint density at radius 2 is 1.95 bits per heavy atom. The molecule has 1 rings (SSSR count). The number of hydrogen-bond acceptors (Lipinski definition) is 4. The zero-order valence-corrected chi connectivity index (χ0v) is 13.4. The normalized spacial score (nSPS) is 12.1. The van der Waals surface area contributed by atoms with Crippen molar-refractivity contribution >= 4 is 11.7 Å². The third-order valence-corrected chi connectivity index (χ3v) is 3.54. The predicted molar refractivity (Wildman–Crippen MR) is 89.1 cm³/mol. The maximum Gasteiger partial charge on any atom is 0.304 e. The van der Waals surface area contributed by atoms with Gasteiger partial charge >= 0.3 is 5.97 Å². The molecular weight excluding hydrogens is 280 g/mol. The maximum atomic E-state index is 10.5. The highest BCUT2D eigenvalue weighted by atomic mass is 16.4. The van der Waals surface area contributed by atoms with Gasteiger partial charge in [0.25, 0.3) is 0 Å². The van der Waals surface area contributed by atoms with Gasteiger partial charge in [-0.2, -0.15) is 0 Å². The van der Waals surface area contributed by atoms with E-state index in [4.69, 9.17) is 5.11 Å². The SMILES string of the molecule is CCCCCCN(c1ccccc1)C(O)CNCCC(=O)O. The van der Waals surface area contributed by atoms with Gasteiger partial charge < -0.3 is 20.4 Å². The number of carbonyl (C=O) groups is 1. The minimum atomic E-state index is -0.832. The van der Waals surface area contributed by atoms with Gasteiger partial charge in [0, 0.05) is 25.3 Å². The molecule has 1 atom stereocenters. The first-order chi connectivity index (χ1) is 10.6.